The van der Waals surface area contributed by atoms with Crippen molar-refractivity contribution in [1.82, 2.24) is 24.3 Å². The molecule has 4 aromatic rings. The lowest BCUT2D eigenvalue weighted by Gasteiger charge is -2.24. The van der Waals surface area contributed by atoms with E-state index >= 15 is 0 Å². The second-order valence-corrected chi connectivity index (χ2v) is 7.81. The summed E-state index contributed by atoms with van der Waals surface area (Å²) in [4.78, 5) is 8.76. The van der Waals surface area contributed by atoms with Crippen molar-refractivity contribution in [3.05, 3.63) is 71.8 Å². The molecule has 0 spiro atoms. The number of ether oxygens (including phenoxy) is 3. The van der Waals surface area contributed by atoms with Crippen LogP contribution in [0.2, 0.25) is 0 Å². The number of aryl methyl sites for hydroxylation is 1. The average molecular weight is 489 g/mol. The average Bonchev–Trinajstić information content (AvgIpc) is 3.45. The minimum absolute atomic E-state index is 0.130. The highest BCUT2D eigenvalue weighted by Gasteiger charge is 2.33. The van der Waals surface area contributed by atoms with Crippen LogP contribution in [0, 0.1) is 12.7 Å². The van der Waals surface area contributed by atoms with Gasteiger partial charge in [-0.15, -0.1) is 13.2 Å². The Morgan fingerprint density at radius 2 is 1.97 bits per heavy atom. The summed E-state index contributed by atoms with van der Waals surface area (Å²) in [5.74, 6) is -0.134. The van der Waals surface area contributed by atoms with E-state index in [4.69, 9.17) is 9.47 Å². The van der Waals surface area contributed by atoms with Crippen molar-refractivity contribution in [3.8, 4) is 28.6 Å². The maximum atomic E-state index is 14.6. The molecule has 0 saturated heterocycles. The van der Waals surface area contributed by atoms with E-state index in [1.807, 2.05) is 29.8 Å². The van der Waals surface area contributed by atoms with E-state index in [-0.39, 0.29) is 18.0 Å². The third-order valence-corrected chi connectivity index (χ3v) is 5.43. The number of hydrogen-bond acceptors (Lipinski definition) is 6. The van der Waals surface area contributed by atoms with E-state index in [0.29, 0.717) is 23.7 Å². The Morgan fingerprint density at radius 3 is 2.69 bits per heavy atom. The monoisotopic (exact) mass is 489 g/mol. The molecule has 0 radical (unpaired) electrons. The first-order valence-corrected chi connectivity index (χ1v) is 10.5. The molecule has 3 heterocycles. The van der Waals surface area contributed by atoms with Gasteiger partial charge >= 0.3 is 6.36 Å². The largest absolute Gasteiger partial charge is 0.573 e. The van der Waals surface area contributed by atoms with Crippen LogP contribution in [0.1, 0.15) is 23.2 Å². The van der Waals surface area contributed by atoms with Crippen LogP contribution in [0.4, 0.5) is 17.6 Å². The molecule has 0 bridgehead atoms. The maximum Gasteiger partial charge on any atom is 0.573 e. The number of halogens is 4. The third-order valence-electron chi connectivity index (χ3n) is 5.43. The lowest BCUT2D eigenvalue weighted by Crippen LogP contribution is -2.24. The minimum atomic E-state index is -4.91. The van der Waals surface area contributed by atoms with Crippen molar-refractivity contribution < 1.29 is 31.8 Å². The van der Waals surface area contributed by atoms with Gasteiger partial charge in [0.15, 0.2) is 11.6 Å². The fourth-order valence-corrected chi connectivity index (χ4v) is 3.90. The summed E-state index contributed by atoms with van der Waals surface area (Å²) in [6, 6.07) is 8.17. The van der Waals surface area contributed by atoms with Gasteiger partial charge in [0.25, 0.3) is 0 Å². The molecule has 12 heteroatoms. The molecule has 1 atom stereocenters. The van der Waals surface area contributed by atoms with Crippen molar-refractivity contribution in [3.63, 3.8) is 0 Å². The van der Waals surface area contributed by atoms with Gasteiger partial charge in [0.1, 0.15) is 23.4 Å². The standard InChI is InChI=1S/C23H19F4N5O3/c1-13-11-31(12-28-13)18-6-3-14(9-19(18)33-2)21-29-22-20(34-8-7-32(22)30-21)16-10-15(4-5-17(16)24)35-23(25,26)27/h3-6,9-12,20H,7-8H2,1-2H3. The van der Waals surface area contributed by atoms with Crippen LogP contribution < -0.4 is 9.47 Å². The molecule has 1 unspecified atom stereocenters. The zero-order valence-corrected chi connectivity index (χ0v) is 18.6. The topological polar surface area (TPSA) is 76.2 Å². The van der Waals surface area contributed by atoms with Gasteiger partial charge in [-0.2, -0.15) is 5.10 Å². The SMILES string of the molecule is COc1cc(-c2nc3n(n2)CCOC3c2cc(OC(F)(F)F)ccc2F)ccc1-n1cnc(C)c1. The maximum absolute atomic E-state index is 14.6. The Bertz CT molecular complexity index is 1380. The van der Waals surface area contributed by atoms with Gasteiger partial charge in [0, 0.05) is 17.3 Å². The van der Waals surface area contributed by atoms with Crippen molar-refractivity contribution in [1.29, 1.82) is 0 Å². The number of nitrogens with zero attached hydrogens (tertiary/aromatic N) is 5. The van der Waals surface area contributed by atoms with Crippen molar-refractivity contribution in [2.75, 3.05) is 13.7 Å². The first-order chi connectivity index (χ1) is 16.7. The molecule has 0 fully saturated rings. The highest BCUT2D eigenvalue weighted by Crippen LogP contribution is 2.35. The summed E-state index contributed by atoms with van der Waals surface area (Å²) in [6.45, 7) is 2.40. The molecule has 0 N–H and O–H groups in total. The number of rotatable bonds is 5. The lowest BCUT2D eigenvalue weighted by atomic mass is 10.1. The van der Waals surface area contributed by atoms with Gasteiger partial charge in [-0.25, -0.2) is 19.0 Å². The van der Waals surface area contributed by atoms with Crippen LogP contribution in [0.5, 0.6) is 11.5 Å². The highest BCUT2D eigenvalue weighted by molar-refractivity contribution is 5.63. The van der Waals surface area contributed by atoms with Crippen LogP contribution in [0.25, 0.3) is 17.1 Å². The van der Waals surface area contributed by atoms with E-state index in [2.05, 4.69) is 19.8 Å². The second kappa shape index (κ2) is 8.69. The molecule has 0 aliphatic carbocycles. The second-order valence-electron chi connectivity index (χ2n) is 7.81. The summed E-state index contributed by atoms with van der Waals surface area (Å²) in [5, 5.41) is 4.51. The van der Waals surface area contributed by atoms with Crippen molar-refractivity contribution >= 4 is 0 Å². The molecule has 5 rings (SSSR count). The normalized spacial score (nSPS) is 15.7. The van der Waals surface area contributed by atoms with E-state index in [1.165, 1.54) is 0 Å². The summed E-state index contributed by atoms with van der Waals surface area (Å²) in [6.07, 6.45) is -2.43. The van der Waals surface area contributed by atoms with Gasteiger partial charge in [-0.05, 0) is 43.3 Å². The van der Waals surface area contributed by atoms with E-state index in [0.717, 1.165) is 29.6 Å². The number of aromatic nitrogens is 5. The Hall–Kier alpha value is -3.93. The Balaban J connectivity index is 1.51. The number of hydrogen-bond donors (Lipinski definition) is 0. The molecule has 182 valence electrons. The molecule has 0 amide bonds. The molecule has 0 saturated carbocycles. The summed E-state index contributed by atoms with van der Waals surface area (Å²) >= 11 is 0. The molecule has 2 aromatic heterocycles. The van der Waals surface area contributed by atoms with Gasteiger partial charge < -0.3 is 18.8 Å². The van der Waals surface area contributed by atoms with E-state index in [1.54, 1.807) is 24.2 Å². The first kappa shape index (κ1) is 22.8. The predicted molar refractivity (Wildman–Crippen MR) is 115 cm³/mol. The molecule has 8 nitrogen and oxygen atoms in total. The Kier molecular flexibility index (Phi) is 5.67. The number of fused-ring (bicyclic) bond motifs is 1. The molecule has 2 aromatic carbocycles. The zero-order chi connectivity index (χ0) is 24.7. The number of alkyl halides is 3. The quantitative estimate of drug-likeness (QED) is 0.382. The van der Waals surface area contributed by atoms with Gasteiger partial charge in [0.05, 0.1) is 38.0 Å². The molecular weight excluding hydrogens is 470 g/mol. The van der Waals surface area contributed by atoms with Gasteiger partial charge in [-0.3, -0.25) is 0 Å². The first-order valence-electron chi connectivity index (χ1n) is 10.5. The number of benzene rings is 2. The Morgan fingerprint density at radius 1 is 1.14 bits per heavy atom. The summed E-state index contributed by atoms with van der Waals surface area (Å²) in [7, 11) is 1.54. The minimum Gasteiger partial charge on any atom is -0.495 e. The molecule has 35 heavy (non-hydrogen) atoms. The number of methoxy groups -OCH3 is 1. The van der Waals surface area contributed by atoms with Crippen LogP contribution in [0.3, 0.4) is 0 Å². The highest BCUT2D eigenvalue weighted by atomic mass is 19.4. The smallest absolute Gasteiger partial charge is 0.495 e. The molecular formula is C23H19F4N5O3. The molecule has 1 aliphatic heterocycles. The van der Waals surface area contributed by atoms with Crippen LogP contribution in [0.15, 0.2) is 48.9 Å². The van der Waals surface area contributed by atoms with Crippen molar-refractivity contribution in [2.24, 2.45) is 0 Å². The predicted octanol–water partition coefficient (Wildman–Crippen LogP) is 4.61. The van der Waals surface area contributed by atoms with Crippen LogP contribution >= 0.6 is 0 Å². The van der Waals surface area contributed by atoms with Crippen molar-refractivity contribution in [2.45, 2.75) is 25.9 Å². The Labute approximate surface area is 196 Å². The molecule has 1 aliphatic rings. The fraction of sp³-hybridized carbons (Fsp3) is 0.261. The summed E-state index contributed by atoms with van der Waals surface area (Å²) in [5.41, 5.74) is 2.13. The van der Waals surface area contributed by atoms with Gasteiger partial charge in [0.2, 0.25) is 0 Å². The summed E-state index contributed by atoms with van der Waals surface area (Å²) < 4.78 is 71.1. The van der Waals surface area contributed by atoms with Gasteiger partial charge in [-0.1, -0.05) is 0 Å². The fourth-order valence-electron chi connectivity index (χ4n) is 3.90. The van der Waals surface area contributed by atoms with E-state index in [9.17, 15) is 17.6 Å². The van der Waals surface area contributed by atoms with Crippen LogP contribution in [-0.4, -0.2) is 44.4 Å². The van der Waals surface area contributed by atoms with E-state index < -0.39 is 24.0 Å². The lowest BCUT2D eigenvalue weighted by molar-refractivity contribution is -0.274. The van der Waals surface area contributed by atoms with Crippen LogP contribution in [-0.2, 0) is 11.3 Å². The number of imidazole rings is 1. The zero-order valence-electron chi connectivity index (χ0n) is 18.6. The third kappa shape index (κ3) is 4.56.